The molecule has 0 aliphatic heterocycles. The number of amidine groups is 1. The van der Waals surface area contributed by atoms with E-state index in [1.54, 1.807) is 12.4 Å². The summed E-state index contributed by atoms with van der Waals surface area (Å²) in [5, 5.41) is 14.9. The van der Waals surface area contributed by atoms with E-state index >= 15 is 0 Å². The van der Waals surface area contributed by atoms with Crippen LogP contribution in [0.25, 0.3) is 0 Å². The molecule has 0 aliphatic rings. The minimum Gasteiger partial charge on any atom is -0.409 e. The first-order valence-electron chi connectivity index (χ1n) is 5.85. The molecular weight excluding hydrogens is 216 g/mol. The highest BCUT2D eigenvalue weighted by atomic mass is 16.4. The van der Waals surface area contributed by atoms with E-state index in [0.29, 0.717) is 6.42 Å². The van der Waals surface area contributed by atoms with Gasteiger partial charge < -0.3 is 16.3 Å². The number of pyridine rings is 1. The van der Waals surface area contributed by atoms with Crippen molar-refractivity contribution in [3.63, 3.8) is 0 Å². The quantitative estimate of drug-likeness (QED) is 0.287. The van der Waals surface area contributed by atoms with Crippen molar-refractivity contribution in [1.29, 1.82) is 0 Å². The molecule has 94 valence electrons. The Hall–Kier alpha value is -1.62. The summed E-state index contributed by atoms with van der Waals surface area (Å²) >= 11 is 0. The van der Waals surface area contributed by atoms with Crippen LogP contribution in [0.15, 0.2) is 29.7 Å². The highest BCUT2D eigenvalue weighted by Gasteiger charge is 2.07. The van der Waals surface area contributed by atoms with Crippen LogP contribution in [0.5, 0.6) is 0 Å². The van der Waals surface area contributed by atoms with Gasteiger partial charge in [-0.3, -0.25) is 4.98 Å². The number of nitrogens with one attached hydrogen (secondary N) is 1. The number of oxime groups is 1. The van der Waals surface area contributed by atoms with E-state index < -0.39 is 0 Å². The topological polar surface area (TPSA) is 83.5 Å². The average molecular weight is 236 g/mol. The first kappa shape index (κ1) is 13.4. The Balaban J connectivity index is 2.29. The smallest absolute Gasteiger partial charge is 0.140 e. The molecule has 1 unspecified atom stereocenters. The highest BCUT2D eigenvalue weighted by molar-refractivity contribution is 5.80. The van der Waals surface area contributed by atoms with Gasteiger partial charge in [0.1, 0.15) is 5.84 Å². The highest BCUT2D eigenvalue weighted by Crippen LogP contribution is 2.00. The summed E-state index contributed by atoms with van der Waals surface area (Å²) in [4.78, 5) is 3.97. The Kier molecular flexibility index (Phi) is 6.03. The summed E-state index contributed by atoms with van der Waals surface area (Å²) in [6.07, 6.45) is 6.07. The maximum atomic E-state index is 8.51. The maximum Gasteiger partial charge on any atom is 0.140 e. The Morgan fingerprint density at radius 1 is 1.53 bits per heavy atom. The van der Waals surface area contributed by atoms with E-state index in [0.717, 1.165) is 19.4 Å². The first-order valence-corrected chi connectivity index (χ1v) is 5.85. The van der Waals surface area contributed by atoms with Crippen molar-refractivity contribution in [2.75, 3.05) is 6.54 Å². The molecule has 0 aromatic carbocycles. The van der Waals surface area contributed by atoms with Crippen LogP contribution in [0, 0.1) is 0 Å². The van der Waals surface area contributed by atoms with Gasteiger partial charge >= 0.3 is 0 Å². The zero-order chi connectivity index (χ0) is 12.5. The minimum atomic E-state index is 0.257. The van der Waals surface area contributed by atoms with Crippen molar-refractivity contribution in [2.45, 2.75) is 32.2 Å². The zero-order valence-electron chi connectivity index (χ0n) is 10.1. The number of hydrogen-bond acceptors (Lipinski definition) is 4. The van der Waals surface area contributed by atoms with Gasteiger partial charge in [0.05, 0.1) is 0 Å². The van der Waals surface area contributed by atoms with Gasteiger partial charge in [-0.05, 0) is 37.1 Å². The molecule has 1 aromatic rings. The van der Waals surface area contributed by atoms with Crippen molar-refractivity contribution in [3.8, 4) is 0 Å². The average Bonchev–Trinajstić information content (AvgIpc) is 2.38. The third kappa shape index (κ3) is 5.31. The number of rotatable bonds is 7. The molecule has 0 saturated carbocycles. The molecule has 4 N–H and O–H groups in total. The molecule has 1 atom stereocenters. The number of aromatic nitrogens is 1. The standard InChI is InChI=1S/C12H20N4O/c1-2-11(9-12(13)16-17)15-8-5-10-3-6-14-7-4-10/h3-4,6-7,11,15,17H,2,5,8-9H2,1H3,(H2,13,16). The van der Waals surface area contributed by atoms with Crippen LogP contribution in [0.2, 0.25) is 0 Å². The fourth-order valence-electron chi connectivity index (χ4n) is 1.62. The third-order valence-corrected chi connectivity index (χ3v) is 2.67. The lowest BCUT2D eigenvalue weighted by molar-refractivity contribution is 0.315. The summed E-state index contributed by atoms with van der Waals surface area (Å²) in [5.74, 6) is 0.272. The molecule has 1 aromatic heterocycles. The van der Waals surface area contributed by atoms with Gasteiger partial charge in [0.25, 0.3) is 0 Å². The third-order valence-electron chi connectivity index (χ3n) is 2.67. The second-order valence-corrected chi connectivity index (χ2v) is 3.96. The van der Waals surface area contributed by atoms with E-state index in [1.165, 1.54) is 5.56 Å². The molecule has 0 aliphatic carbocycles. The molecule has 0 amide bonds. The summed E-state index contributed by atoms with van der Waals surface area (Å²) in [7, 11) is 0. The van der Waals surface area contributed by atoms with Crippen LogP contribution in [0.1, 0.15) is 25.3 Å². The molecular formula is C12H20N4O. The lowest BCUT2D eigenvalue weighted by Gasteiger charge is -2.15. The van der Waals surface area contributed by atoms with Crippen molar-refractivity contribution >= 4 is 5.84 Å². The molecule has 1 rings (SSSR count). The van der Waals surface area contributed by atoms with Gasteiger partial charge in [-0.25, -0.2) is 0 Å². The SMILES string of the molecule is CCC(CC(N)=NO)NCCc1ccncc1. The van der Waals surface area contributed by atoms with Crippen LogP contribution < -0.4 is 11.1 Å². The predicted molar refractivity (Wildman–Crippen MR) is 68.0 cm³/mol. The summed E-state index contributed by atoms with van der Waals surface area (Å²) < 4.78 is 0. The largest absolute Gasteiger partial charge is 0.409 e. The predicted octanol–water partition coefficient (Wildman–Crippen LogP) is 1.13. The second-order valence-electron chi connectivity index (χ2n) is 3.96. The number of hydrogen-bond donors (Lipinski definition) is 3. The van der Waals surface area contributed by atoms with E-state index in [4.69, 9.17) is 10.9 Å². The molecule has 0 spiro atoms. The van der Waals surface area contributed by atoms with Crippen molar-refractivity contribution in [1.82, 2.24) is 10.3 Å². The molecule has 5 nitrogen and oxygen atoms in total. The van der Waals surface area contributed by atoms with Crippen LogP contribution >= 0.6 is 0 Å². The molecule has 5 heteroatoms. The molecule has 0 saturated heterocycles. The van der Waals surface area contributed by atoms with Crippen LogP contribution in [0.4, 0.5) is 0 Å². The molecule has 0 fully saturated rings. The molecule has 17 heavy (non-hydrogen) atoms. The van der Waals surface area contributed by atoms with Crippen molar-refractivity contribution in [2.24, 2.45) is 10.9 Å². The molecule has 1 heterocycles. The van der Waals surface area contributed by atoms with Gasteiger partial charge in [-0.1, -0.05) is 12.1 Å². The first-order chi connectivity index (χ1) is 8.26. The fraction of sp³-hybridized carbons (Fsp3) is 0.500. The van der Waals surface area contributed by atoms with Crippen LogP contribution in [-0.4, -0.2) is 28.6 Å². The number of nitrogens with zero attached hydrogens (tertiary/aromatic N) is 2. The summed E-state index contributed by atoms with van der Waals surface area (Å²) in [6, 6.07) is 4.27. The van der Waals surface area contributed by atoms with Crippen LogP contribution in [-0.2, 0) is 6.42 Å². The fourth-order valence-corrected chi connectivity index (χ4v) is 1.62. The summed E-state index contributed by atoms with van der Waals surface area (Å²) in [6.45, 7) is 2.95. The van der Waals surface area contributed by atoms with E-state index in [1.807, 2.05) is 12.1 Å². The maximum absolute atomic E-state index is 8.51. The van der Waals surface area contributed by atoms with E-state index in [9.17, 15) is 0 Å². The van der Waals surface area contributed by atoms with E-state index in [-0.39, 0.29) is 11.9 Å². The Labute approximate surface area is 102 Å². The number of nitrogens with two attached hydrogens (primary N) is 1. The zero-order valence-corrected chi connectivity index (χ0v) is 10.1. The summed E-state index contributed by atoms with van der Waals surface area (Å²) in [5.41, 5.74) is 6.74. The van der Waals surface area contributed by atoms with Gasteiger partial charge in [0.15, 0.2) is 0 Å². The van der Waals surface area contributed by atoms with Crippen molar-refractivity contribution < 1.29 is 5.21 Å². The van der Waals surface area contributed by atoms with Crippen LogP contribution in [0.3, 0.4) is 0 Å². The lowest BCUT2D eigenvalue weighted by Crippen LogP contribution is -2.34. The van der Waals surface area contributed by atoms with Gasteiger partial charge in [-0.15, -0.1) is 0 Å². The van der Waals surface area contributed by atoms with E-state index in [2.05, 4.69) is 22.4 Å². The monoisotopic (exact) mass is 236 g/mol. The van der Waals surface area contributed by atoms with Gasteiger partial charge in [0, 0.05) is 24.9 Å². The Morgan fingerprint density at radius 2 is 2.24 bits per heavy atom. The van der Waals surface area contributed by atoms with Crippen molar-refractivity contribution in [3.05, 3.63) is 30.1 Å². The Bertz CT molecular complexity index is 340. The van der Waals surface area contributed by atoms with Gasteiger partial charge in [-0.2, -0.15) is 0 Å². The Morgan fingerprint density at radius 3 is 2.82 bits per heavy atom. The minimum absolute atomic E-state index is 0.257. The second kappa shape index (κ2) is 7.62. The molecule has 0 radical (unpaired) electrons. The molecule has 0 bridgehead atoms. The normalized spacial score (nSPS) is 13.6. The lowest BCUT2D eigenvalue weighted by atomic mass is 10.1. The van der Waals surface area contributed by atoms with Gasteiger partial charge in [0.2, 0.25) is 0 Å².